The fourth-order valence-electron chi connectivity index (χ4n) is 2.49. The van der Waals surface area contributed by atoms with Crippen LogP contribution >= 0.6 is 0 Å². The Morgan fingerprint density at radius 1 is 0.957 bits per heavy atom. The molecule has 5 heteroatoms. The minimum Gasteiger partial charge on any atom is -0.459 e. The van der Waals surface area contributed by atoms with Crippen molar-refractivity contribution in [2.75, 3.05) is 12.1 Å². The van der Waals surface area contributed by atoms with Crippen LogP contribution in [0.2, 0.25) is 0 Å². The van der Waals surface area contributed by atoms with E-state index in [1.807, 2.05) is 30.3 Å². The largest absolute Gasteiger partial charge is 0.459 e. The maximum absolute atomic E-state index is 12.5. The van der Waals surface area contributed by atoms with Gasteiger partial charge < -0.3 is 19.2 Å². The molecule has 0 saturated heterocycles. The van der Waals surface area contributed by atoms with Gasteiger partial charge in [-0.3, -0.25) is 4.79 Å². The van der Waals surface area contributed by atoms with Crippen LogP contribution in [0.5, 0.6) is 11.5 Å². The van der Waals surface area contributed by atoms with Gasteiger partial charge in [0.15, 0.2) is 17.3 Å². The molecule has 114 valence electrons. The molecule has 1 aromatic heterocycles. The van der Waals surface area contributed by atoms with E-state index in [9.17, 15) is 4.79 Å². The second-order valence-electron chi connectivity index (χ2n) is 5.05. The third-order valence-corrected chi connectivity index (χ3v) is 3.59. The highest BCUT2D eigenvalue weighted by Gasteiger charge is 2.19. The molecule has 1 aliphatic rings. The van der Waals surface area contributed by atoms with Crippen molar-refractivity contribution in [3.8, 4) is 22.6 Å². The van der Waals surface area contributed by atoms with E-state index in [0.717, 1.165) is 11.1 Å². The van der Waals surface area contributed by atoms with E-state index in [1.54, 1.807) is 24.3 Å². The van der Waals surface area contributed by atoms with Gasteiger partial charge in [-0.1, -0.05) is 30.3 Å². The minimum atomic E-state index is -0.312. The number of carbonyl (C=O) groups excluding carboxylic acids is 1. The summed E-state index contributed by atoms with van der Waals surface area (Å²) in [5.41, 5.74) is 2.30. The van der Waals surface area contributed by atoms with Crippen LogP contribution < -0.4 is 14.8 Å². The Bertz CT molecular complexity index is 854. The SMILES string of the molecule is O=C(Nc1ccc2c(c1)OCO2)c1occc1-c1ccccc1. The van der Waals surface area contributed by atoms with Crippen molar-refractivity contribution in [2.24, 2.45) is 0 Å². The minimum absolute atomic E-state index is 0.197. The topological polar surface area (TPSA) is 60.7 Å². The van der Waals surface area contributed by atoms with Crippen molar-refractivity contribution >= 4 is 11.6 Å². The molecule has 0 saturated carbocycles. The Labute approximate surface area is 132 Å². The molecular formula is C18H13NO4. The second kappa shape index (κ2) is 5.53. The third-order valence-electron chi connectivity index (χ3n) is 3.59. The zero-order valence-corrected chi connectivity index (χ0v) is 12.1. The molecule has 3 aromatic rings. The molecule has 4 rings (SSSR count). The number of nitrogens with one attached hydrogen (secondary N) is 1. The average molecular weight is 307 g/mol. The van der Waals surface area contributed by atoms with Gasteiger partial charge in [-0.15, -0.1) is 0 Å². The Morgan fingerprint density at radius 3 is 2.65 bits per heavy atom. The lowest BCUT2D eigenvalue weighted by molar-refractivity contribution is 0.0997. The summed E-state index contributed by atoms with van der Waals surface area (Å²) < 4.78 is 15.9. The van der Waals surface area contributed by atoms with Crippen molar-refractivity contribution < 1.29 is 18.7 Å². The zero-order valence-electron chi connectivity index (χ0n) is 12.1. The van der Waals surface area contributed by atoms with E-state index in [-0.39, 0.29) is 18.5 Å². The van der Waals surface area contributed by atoms with Gasteiger partial charge in [-0.2, -0.15) is 0 Å². The van der Waals surface area contributed by atoms with Crippen LogP contribution in [0.1, 0.15) is 10.6 Å². The van der Waals surface area contributed by atoms with Crippen LogP contribution in [0.15, 0.2) is 65.3 Å². The first-order valence-electron chi connectivity index (χ1n) is 7.15. The van der Waals surface area contributed by atoms with Crippen molar-refractivity contribution in [1.82, 2.24) is 0 Å². The number of furan rings is 1. The average Bonchev–Trinajstić information content (AvgIpc) is 3.24. The lowest BCUT2D eigenvalue weighted by atomic mass is 10.1. The van der Waals surface area contributed by atoms with Gasteiger partial charge in [0.1, 0.15) is 0 Å². The Hall–Kier alpha value is -3.21. The molecule has 0 fully saturated rings. The fourth-order valence-corrected chi connectivity index (χ4v) is 2.49. The summed E-state index contributed by atoms with van der Waals surface area (Å²) in [5.74, 6) is 1.25. The Balaban J connectivity index is 1.60. The number of anilines is 1. The van der Waals surface area contributed by atoms with Gasteiger partial charge in [0.25, 0.3) is 5.91 Å². The molecule has 0 aliphatic carbocycles. The number of amides is 1. The van der Waals surface area contributed by atoms with E-state index in [1.165, 1.54) is 6.26 Å². The number of ether oxygens (including phenoxy) is 2. The molecule has 0 radical (unpaired) electrons. The van der Waals surface area contributed by atoms with Crippen LogP contribution in [-0.4, -0.2) is 12.7 Å². The number of fused-ring (bicyclic) bond motifs is 1. The number of carbonyl (C=O) groups is 1. The molecule has 0 unspecified atom stereocenters. The van der Waals surface area contributed by atoms with Crippen molar-refractivity contribution in [3.63, 3.8) is 0 Å². The normalized spacial score (nSPS) is 12.2. The number of rotatable bonds is 3. The Kier molecular flexibility index (Phi) is 3.24. The van der Waals surface area contributed by atoms with Crippen molar-refractivity contribution in [3.05, 3.63) is 66.6 Å². The molecule has 2 heterocycles. The molecule has 0 atom stereocenters. The van der Waals surface area contributed by atoms with E-state index >= 15 is 0 Å². The number of hydrogen-bond donors (Lipinski definition) is 1. The summed E-state index contributed by atoms with van der Waals surface area (Å²) in [6.45, 7) is 0.197. The number of hydrogen-bond acceptors (Lipinski definition) is 4. The van der Waals surface area contributed by atoms with Gasteiger partial charge in [0.05, 0.1) is 6.26 Å². The highest BCUT2D eigenvalue weighted by Crippen LogP contribution is 2.34. The molecule has 2 aromatic carbocycles. The second-order valence-corrected chi connectivity index (χ2v) is 5.05. The van der Waals surface area contributed by atoms with Gasteiger partial charge >= 0.3 is 0 Å². The first-order valence-corrected chi connectivity index (χ1v) is 7.15. The molecule has 1 aliphatic heterocycles. The van der Waals surface area contributed by atoms with Crippen LogP contribution in [0.4, 0.5) is 5.69 Å². The summed E-state index contributed by atoms with van der Waals surface area (Å²) >= 11 is 0. The van der Waals surface area contributed by atoms with E-state index in [4.69, 9.17) is 13.9 Å². The number of benzene rings is 2. The van der Waals surface area contributed by atoms with Gasteiger partial charge in [-0.25, -0.2) is 0 Å². The quantitative estimate of drug-likeness (QED) is 0.796. The smallest absolute Gasteiger partial charge is 0.292 e. The zero-order chi connectivity index (χ0) is 15.6. The standard InChI is InChI=1S/C18H13NO4/c20-18(19-13-6-7-15-16(10-13)23-11-22-15)17-14(8-9-21-17)12-4-2-1-3-5-12/h1-10H,11H2,(H,19,20). The van der Waals surface area contributed by atoms with Crippen molar-refractivity contribution in [1.29, 1.82) is 0 Å². The maximum atomic E-state index is 12.5. The Morgan fingerprint density at radius 2 is 1.78 bits per heavy atom. The van der Waals surface area contributed by atoms with Crippen LogP contribution in [0, 0.1) is 0 Å². The first-order chi connectivity index (χ1) is 11.3. The first kappa shape index (κ1) is 13.5. The maximum Gasteiger partial charge on any atom is 0.292 e. The third kappa shape index (κ3) is 2.53. The summed E-state index contributed by atoms with van der Waals surface area (Å²) in [4.78, 5) is 12.5. The molecular weight excluding hydrogens is 294 g/mol. The highest BCUT2D eigenvalue weighted by atomic mass is 16.7. The summed E-state index contributed by atoms with van der Waals surface area (Å²) in [5, 5.41) is 2.82. The van der Waals surface area contributed by atoms with Gasteiger partial charge in [0, 0.05) is 17.3 Å². The lowest BCUT2D eigenvalue weighted by Gasteiger charge is -2.06. The van der Waals surface area contributed by atoms with Gasteiger partial charge in [0.2, 0.25) is 6.79 Å². The van der Waals surface area contributed by atoms with Gasteiger partial charge in [-0.05, 0) is 23.8 Å². The predicted octanol–water partition coefficient (Wildman–Crippen LogP) is 3.93. The van der Waals surface area contributed by atoms with Crippen LogP contribution in [0.25, 0.3) is 11.1 Å². The summed E-state index contributed by atoms with van der Waals surface area (Å²) in [7, 11) is 0. The van der Waals surface area contributed by atoms with Crippen LogP contribution in [0.3, 0.4) is 0 Å². The molecule has 0 bridgehead atoms. The van der Waals surface area contributed by atoms with E-state index in [0.29, 0.717) is 17.2 Å². The van der Waals surface area contributed by atoms with E-state index < -0.39 is 0 Å². The molecule has 5 nitrogen and oxygen atoms in total. The van der Waals surface area contributed by atoms with Crippen LogP contribution in [-0.2, 0) is 0 Å². The predicted molar refractivity (Wildman–Crippen MR) is 84.7 cm³/mol. The molecule has 1 N–H and O–H groups in total. The summed E-state index contributed by atoms with van der Waals surface area (Å²) in [6.07, 6.45) is 1.51. The van der Waals surface area contributed by atoms with Crippen molar-refractivity contribution in [2.45, 2.75) is 0 Å². The summed E-state index contributed by atoms with van der Waals surface area (Å²) in [6, 6.07) is 16.7. The lowest BCUT2D eigenvalue weighted by Crippen LogP contribution is -2.11. The fraction of sp³-hybridized carbons (Fsp3) is 0.0556. The monoisotopic (exact) mass is 307 g/mol. The van der Waals surface area contributed by atoms with E-state index in [2.05, 4.69) is 5.32 Å². The molecule has 0 spiro atoms. The highest BCUT2D eigenvalue weighted by molar-refractivity contribution is 6.06. The molecule has 1 amide bonds. The molecule has 23 heavy (non-hydrogen) atoms.